The predicted molar refractivity (Wildman–Crippen MR) is 77.3 cm³/mol. The first-order valence-corrected chi connectivity index (χ1v) is 7.28. The molecule has 0 atom stereocenters. The summed E-state index contributed by atoms with van der Waals surface area (Å²) in [6, 6.07) is 4.93. The summed E-state index contributed by atoms with van der Waals surface area (Å²) in [5.74, 6) is -0.221. The molecule has 0 saturated carbocycles. The van der Waals surface area contributed by atoms with Crippen LogP contribution >= 0.6 is 23.2 Å². The van der Waals surface area contributed by atoms with E-state index in [0.717, 1.165) is 25.7 Å². The van der Waals surface area contributed by atoms with Gasteiger partial charge in [0.15, 0.2) is 0 Å². The van der Waals surface area contributed by atoms with Gasteiger partial charge in [-0.3, -0.25) is 9.59 Å². The molecule has 0 unspecified atom stereocenters. The molecule has 0 radical (unpaired) electrons. The van der Waals surface area contributed by atoms with Gasteiger partial charge in [-0.05, 0) is 31.0 Å². The predicted octanol–water partition coefficient (Wildman–Crippen LogP) is 3.67. The lowest BCUT2D eigenvalue weighted by atomic mass is 10.1. The molecule has 1 aliphatic rings. The van der Waals surface area contributed by atoms with Gasteiger partial charge in [-0.1, -0.05) is 24.4 Å². The van der Waals surface area contributed by atoms with E-state index in [9.17, 15) is 9.59 Å². The van der Waals surface area contributed by atoms with Crippen LogP contribution in [0.2, 0.25) is 5.02 Å². The lowest BCUT2D eigenvalue weighted by Gasteiger charge is -2.16. The van der Waals surface area contributed by atoms with Crippen molar-refractivity contribution in [3.8, 4) is 0 Å². The molecule has 0 N–H and O–H groups in total. The Morgan fingerprint density at radius 1 is 1.05 bits per heavy atom. The first-order valence-electron chi connectivity index (χ1n) is 6.37. The number of hydrogen-bond acceptors (Lipinski definition) is 2. The Hall–Kier alpha value is -1.06. The van der Waals surface area contributed by atoms with Gasteiger partial charge in [0.05, 0.1) is 11.3 Å². The van der Waals surface area contributed by atoms with Crippen LogP contribution in [0.25, 0.3) is 0 Å². The van der Waals surface area contributed by atoms with Gasteiger partial charge in [0, 0.05) is 17.4 Å². The summed E-state index contributed by atoms with van der Waals surface area (Å²) >= 11 is 11.5. The van der Waals surface area contributed by atoms with Gasteiger partial charge < -0.3 is 4.90 Å². The largest absolute Gasteiger partial charge is 0.305 e. The summed E-state index contributed by atoms with van der Waals surface area (Å²) < 4.78 is 0. The second-order valence-electron chi connectivity index (χ2n) is 4.55. The van der Waals surface area contributed by atoms with Crippen LogP contribution in [0.1, 0.15) is 36.0 Å². The lowest BCUT2D eigenvalue weighted by Crippen LogP contribution is -2.30. The monoisotopic (exact) mass is 299 g/mol. The smallest absolute Gasteiger partial charge is 0.299 e. The van der Waals surface area contributed by atoms with Crippen LogP contribution in [0.3, 0.4) is 0 Å². The summed E-state index contributed by atoms with van der Waals surface area (Å²) in [6.07, 6.45) is 3.89. The molecule has 0 spiro atoms. The maximum atomic E-state index is 11.9. The van der Waals surface area contributed by atoms with Crippen LogP contribution in [-0.2, 0) is 4.79 Å². The van der Waals surface area contributed by atoms with Gasteiger partial charge in [-0.25, -0.2) is 0 Å². The second kappa shape index (κ2) is 6.40. The van der Waals surface area contributed by atoms with Gasteiger partial charge in [0.25, 0.3) is 11.7 Å². The third kappa shape index (κ3) is 3.10. The maximum Gasteiger partial charge on any atom is 0.299 e. The zero-order chi connectivity index (χ0) is 13.8. The van der Waals surface area contributed by atoms with E-state index in [1.54, 1.807) is 18.2 Å². The number of amides is 1. The Bertz CT molecular complexity index is 502. The van der Waals surface area contributed by atoms with E-state index in [1.807, 2.05) is 0 Å². The van der Waals surface area contributed by atoms with Gasteiger partial charge in [-0.2, -0.15) is 0 Å². The van der Waals surface area contributed by atoms with E-state index >= 15 is 0 Å². The Morgan fingerprint density at radius 2 is 1.79 bits per heavy atom. The normalized spacial score (nSPS) is 14.1. The van der Waals surface area contributed by atoms with Crippen molar-refractivity contribution < 1.29 is 9.59 Å². The van der Waals surface area contributed by atoms with Crippen molar-refractivity contribution in [1.29, 1.82) is 0 Å². The third-order valence-electron chi connectivity index (χ3n) is 3.20. The molecule has 1 aromatic rings. The van der Waals surface area contributed by atoms with Gasteiger partial charge >= 0.3 is 0 Å². The van der Waals surface area contributed by atoms with Crippen LogP contribution in [0.4, 0.5) is 5.69 Å². The minimum Gasteiger partial charge on any atom is -0.305 e. The number of hydrogen-bond donors (Lipinski definition) is 0. The number of carbonyl (C=O) groups excluding carboxylic acids is 2. The van der Waals surface area contributed by atoms with E-state index in [1.165, 1.54) is 4.90 Å². The van der Waals surface area contributed by atoms with Crippen molar-refractivity contribution in [2.75, 3.05) is 17.3 Å². The molecule has 19 heavy (non-hydrogen) atoms. The van der Waals surface area contributed by atoms with Crippen molar-refractivity contribution in [3.05, 3.63) is 28.8 Å². The number of nitrogens with zero attached hydrogens (tertiary/aromatic N) is 1. The minimum atomic E-state index is -0.449. The molecule has 3 nitrogen and oxygen atoms in total. The molecule has 0 aromatic heterocycles. The van der Waals surface area contributed by atoms with Gasteiger partial charge in [-0.15, -0.1) is 11.6 Å². The Balaban J connectivity index is 2.04. The molecular weight excluding hydrogens is 285 g/mol. The average molecular weight is 300 g/mol. The number of carbonyl (C=O) groups is 2. The quantitative estimate of drug-likeness (QED) is 0.457. The lowest BCUT2D eigenvalue weighted by molar-refractivity contribution is -0.114. The SMILES string of the molecule is O=C1C(=O)N(CCCCCCCl)c2cc(Cl)ccc21. The molecule has 1 amide bonds. The third-order valence-corrected chi connectivity index (χ3v) is 3.70. The van der Waals surface area contributed by atoms with Crippen molar-refractivity contribution in [3.63, 3.8) is 0 Å². The number of alkyl halides is 1. The zero-order valence-electron chi connectivity index (χ0n) is 10.5. The van der Waals surface area contributed by atoms with E-state index in [-0.39, 0.29) is 0 Å². The Labute approximate surface area is 122 Å². The summed E-state index contributed by atoms with van der Waals surface area (Å²) in [4.78, 5) is 25.2. The fourth-order valence-electron chi connectivity index (χ4n) is 2.21. The molecule has 0 fully saturated rings. The van der Waals surface area contributed by atoms with Crippen LogP contribution in [0.5, 0.6) is 0 Å². The van der Waals surface area contributed by atoms with E-state index < -0.39 is 11.7 Å². The fourth-order valence-corrected chi connectivity index (χ4v) is 2.56. The number of Topliss-reactive ketones (excluding diaryl/α,β-unsaturated/α-hetero) is 1. The van der Waals surface area contributed by atoms with Crippen molar-refractivity contribution in [2.24, 2.45) is 0 Å². The standard InChI is InChI=1S/C14H15Cl2NO2/c15-7-3-1-2-4-8-17-12-9-10(16)5-6-11(12)13(18)14(17)19/h5-6,9H,1-4,7-8H2. The van der Waals surface area contributed by atoms with Gasteiger partial charge in [0.1, 0.15) is 0 Å². The number of ketones is 1. The van der Waals surface area contributed by atoms with Crippen molar-refractivity contribution in [1.82, 2.24) is 0 Å². The maximum absolute atomic E-state index is 11.9. The molecule has 0 saturated heterocycles. The fraction of sp³-hybridized carbons (Fsp3) is 0.429. The molecule has 2 rings (SSSR count). The first-order chi connectivity index (χ1) is 9.15. The molecule has 1 aromatic carbocycles. The van der Waals surface area contributed by atoms with Crippen LogP contribution in [0.15, 0.2) is 18.2 Å². The molecule has 1 aliphatic heterocycles. The van der Waals surface area contributed by atoms with Gasteiger partial charge in [0.2, 0.25) is 0 Å². The highest BCUT2D eigenvalue weighted by Crippen LogP contribution is 2.31. The van der Waals surface area contributed by atoms with Crippen molar-refractivity contribution in [2.45, 2.75) is 25.7 Å². The number of halogens is 2. The van der Waals surface area contributed by atoms with Crippen LogP contribution in [0, 0.1) is 0 Å². The number of unbranched alkanes of at least 4 members (excludes halogenated alkanes) is 3. The molecule has 5 heteroatoms. The van der Waals surface area contributed by atoms with Crippen LogP contribution < -0.4 is 4.90 Å². The average Bonchev–Trinajstić information content (AvgIpc) is 2.63. The number of benzene rings is 1. The van der Waals surface area contributed by atoms with Crippen LogP contribution in [-0.4, -0.2) is 24.1 Å². The van der Waals surface area contributed by atoms with E-state index in [4.69, 9.17) is 23.2 Å². The zero-order valence-corrected chi connectivity index (χ0v) is 12.0. The number of anilines is 1. The Kier molecular flexibility index (Phi) is 4.83. The second-order valence-corrected chi connectivity index (χ2v) is 5.36. The highest BCUT2D eigenvalue weighted by molar-refractivity contribution is 6.52. The molecule has 0 aliphatic carbocycles. The highest BCUT2D eigenvalue weighted by Gasteiger charge is 2.35. The molecular formula is C14H15Cl2NO2. The molecule has 0 bridgehead atoms. The summed E-state index contributed by atoms with van der Waals surface area (Å²) in [5.41, 5.74) is 1.09. The summed E-state index contributed by atoms with van der Waals surface area (Å²) in [7, 11) is 0. The summed E-state index contributed by atoms with van der Waals surface area (Å²) in [5, 5.41) is 0.536. The topological polar surface area (TPSA) is 37.4 Å². The minimum absolute atomic E-state index is 0.438. The Morgan fingerprint density at radius 3 is 2.53 bits per heavy atom. The van der Waals surface area contributed by atoms with E-state index in [0.29, 0.717) is 28.7 Å². The van der Waals surface area contributed by atoms with E-state index in [2.05, 4.69) is 0 Å². The summed E-state index contributed by atoms with van der Waals surface area (Å²) in [6.45, 7) is 0.556. The molecule has 1 heterocycles. The number of rotatable bonds is 6. The number of fused-ring (bicyclic) bond motifs is 1. The highest BCUT2D eigenvalue weighted by atomic mass is 35.5. The molecule has 102 valence electrons. The van der Waals surface area contributed by atoms with Crippen molar-refractivity contribution >= 4 is 40.6 Å². The first kappa shape index (κ1) is 14.4.